The van der Waals surface area contributed by atoms with Crippen LogP contribution in [0.2, 0.25) is 15.1 Å². The number of hydrogen-bond donors (Lipinski definition) is 2. The lowest BCUT2D eigenvalue weighted by molar-refractivity contribution is -0.116. The van der Waals surface area contributed by atoms with E-state index in [2.05, 4.69) is 10.6 Å². The topological polar surface area (TPSA) is 41.1 Å². The average molecular weight is 296 g/mol. The normalized spacial score (nSPS) is 10.4. The van der Waals surface area contributed by atoms with Crippen LogP contribution in [0, 0.1) is 0 Å². The fourth-order valence-corrected chi connectivity index (χ4v) is 1.80. The Hall–Kier alpha value is -0.480. The van der Waals surface area contributed by atoms with E-state index >= 15 is 0 Å². The third-order valence-electron chi connectivity index (χ3n) is 2.06. The summed E-state index contributed by atoms with van der Waals surface area (Å²) in [6, 6.07) is 3.04. The molecule has 6 heteroatoms. The molecule has 1 aromatic rings. The largest absolute Gasteiger partial charge is 0.325 e. The summed E-state index contributed by atoms with van der Waals surface area (Å²) in [6.45, 7) is 3.44. The van der Waals surface area contributed by atoms with Crippen LogP contribution in [0.5, 0.6) is 0 Å². The van der Waals surface area contributed by atoms with Crippen LogP contribution in [0.1, 0.15) is 13.3 Å². The Bertz CT molecular complexity index is 410. The van der Waals surface area contributed by atoms with Crippen LogP contribution in [-0.2, 0) is 4.79 Å². The van der Waals surface area contributed by atoms with Crippen molar-refractivity contribution in [1.29, 1.82) is 0 Å². The quantitative estimate of drug-likeness (QED) is 0.644. The van der Waals surface area contributed by atoms with Crippen molar-refractivity contribution in [3.05, 3.63) is 27.2 Å². The summed E-state index contributed by atoms with van der Waals surface area (Å²) in [4.78, 5) is 11.5. The van der Waals surface area contributed by atoms with Crippen LogP contribution < -0.4 is 10.6 Å². The highest BCUT2D eigenvalue weighted by Gasteiger charge is 2.08. The van der Waals surface area contributed by atoms with Gasteiger partial charge in [-0.2, -0.15) is 0 Å². The molecular weight excluding hydrogens is 282 g/mol. The molecule has 0 bridgehead atoms. The second-order valence-electron chi connectivity index (χ2n) is 3.40. The molecule has 0 atom stereocenters. The van der Waals surface area contributed by atoms with Gasteiger partial charge in [0.15, 0.2) is 0 Å². The minimum Gasteiger partial charge on any atom is -0.325 e. The average Bonchev–Trinajstić information content (AvgIpc) is 2.26. The van der Waals surface area contributed by atoms with Gasteiger partial charge in [-0.1, -0.05) is 41.7 Å². The first-order chi connectivity index (χ1) is 8.04. The van der Waals surface area contributed by atoms with Gasteiger partial charge < -0.3 is 10.6 Å². The van der Waals surface area contributed by atoms with E-state index in [-0.39, 0.29) is 5.91 Å². The van der Waals surface area contributed by atoms with E-state index in [1.54, 1.807) is 0 Å². The summed E-state index contributed by atoms with van der Waals surface area (Å²) in [5.74, 6) is -0.119. The molecule has 3 nitrogen and oxygen atoms in total. The van der Waals surface area contributed by atoms with Gasteiger partial charge in [-0.05, 0) is 18.7 Å². The molecule has 0 aliphatic heterocycles. The molecule has 17 heavy (non-hydrogen) atoms. The van der Waals surface area contributed by atoms with Gasteiger partial charge in [-0.15, -0.1) is 0 Å². The lowest BCUT2D eigenvalue weighted by atomic mass is 10.3. The van der Waals surface area contributed by atoms with Crippen LogP contribution in [0.15, 0.2) is 12.1 Å². The van der Waals surface area contributed by atoms with Gasteiger partial charge in [0.05, 0.1) is 20.8 Å². The van der Waals surface area contributed by atoms with Crippen molar-refractivity contribution in [2.24, 2.45) is 0 Å². The first kappa shape index (κ1) is 14.6. The highest BCUT2D eigenvalue weighted by molar-refractivity contribution is 6.44. The van der Waals surface area contributed by atoms with Gasteiger partial charge in [0.2, 0.25) is 5.91 Å². The number of nitrogens with one attached hydrogen (secondary N) is 2. The van der Waals surface area contributed by atoms with Crippen molar-refractivity contribution in [2.45, 2.75) is 13.3 Å². The van der Waals surface area contributed by atoms with Crippen molar-refractivity contribution in [3.8, 4) is 0 Å². The van der Waals surface area contributed by atoms with Crippen LogP contribution in [-0.4, -0.2) is 19.0 Å². The summed E-state index contributed by atoms with van der Waals surface area (Å²) < 4.78 is 0. The molecule has 0 saturated carbocycles. The predicted molar refractivity (Wildman–Crippen MR) is 73.3 cm³/mol. The summed E-state index contributed by atoms with van der Waals surface area (Å²) in [5, 5.41) is 6.84. The molecule has 0 spiro atoms. The maximum atomic E-state index is 11.5. The SMILES string of the molecule is CCNCCC(=O)Nc1cc(Cl)c(Cl)cc1Cl. The number of halogens is 3. The fourth-order valence-electron chi connectivity index (χ4n) is 1.21. The number of amides is 1. The van der Waals surface area contributed by atoms with Crippen molar-refractivity contribution in [3.63, 3.8) is 0 Å². The molecule has 0 aromatic heterocycles. The smallest absolute Gasteiger partial charge is 0.225 e. The molecule has 0 radical (unpaired) electrons. The Morgan fingerprint density at radius 3 is 2.47 bits per heavy atom. The molecule has 0 aliphatic carbocycles. The summed E-state index contributed by atoms with van der Waals surface area (Å²) in [7, 11) is 0. The second-order valence-corrected chi connectivity index (χ2v) is 4.62. The Kier molecular flexibility index (Phi) is 6.06. The minimum absolute atomic E-state index is 0.119. The van der Waals surface area contributed by atoms with E-state index < -0.39 is 0 Å². The Labute approximate surface area is 115 Å². The lowest BCUT2D eigenvalue weighted by Gasteiger charge is -2.08. The third-order valence-corrected chi connectivity index (χ3v) is 3.10. The number of benzene rings is 1. The number of anilines is 1. The van der Waals surface area contributed by atoms with Crippen molar-refractivity contribution >= 4 is 46.4 Å². The Balaban J connectivity index is 2.62. The standard InChI is InChI=1S/C11H13Cl3N2O/c1-2-15-4-3-11(17)16-10-6-8(13)7(12)5-9(10)14/h5-6,15H,2-4H2,1H3,(H,16,17). The second kappa shape index (κ2) is 7.07. The van der Waals surface area contributed by atoms with Gasteiger partial charge in [0.1, 0.15) is 0 Å². The number of carbonyl (C=O) groups excluding carboxylic acids is 1. The van der Waals surface area contributed by atoms with Gasteiger partial charge in [0.25, 0.3) is 0 Å². The zero-order valence-electron chi connectivity index (χ0n) is 9.32. The first-order valence-corrected chi connectivity index (χ1v) is 6.33. The van der Waals surface area contributed by atoms with Gasteiger partial charge in [0, 0.05) is 13.0 Å². The molecule has 0 fully saturated rings. The molecule has 2 N–H and O–H groups in total. The molecule has 1 amide bonds. The highest BCUT2D eigenvalue weighted by atomic mass is 35.5. The highest BCUT2D eigenvalue weighted by Crippen LogP contribution is 2.32. The first-order valence-electron chi connectivity index (χ1n) is 5.19. The zero-order valence-corrected chi connectivity index (χ0v) is 11.6. The summed E-state index contributed by atoms with van der Waals surface area (Å²) >= 11 is 17.6. The monoisotopic (exact) mass is 294 g/mol. The maximum absolute atomic E-state index is 11.5. The zero-order chi connectivity index (χ0) is 12.8. The van der Waals surface area contributed by atoms with Crippen LogP contribution in [0.4, 0.5) is 5.69 Å². The number of hydrogen-bond acceptors (Lipinski definition) is 2. The summed E-state index contributed by atoms with van der Waals surface area (Å²) in [5.41, 5.74) is 0.475. The van der Waals surface area contributed by atoms with E-state index in [9.17, 15) is 4.79 Å². The molecule has 0 heterocycles. The minimum atomic E-state index is -0.119. The van der Waals surface area contributed by atoms with E-state index in [0.717, 1.165) is 6.54 Å². The lowest BCUT2D eigenvalue weighted by Crippen LogP contribution is -2.21. The molecule has 1 rings (SSSR count). The molecule has 0 saturated heterocycles. The van der Waals surface area contributed by atoms with Gasteiger partial charge in [-0.3, -0.25) is 4.79 Å². The van der Waals surface area contributed by atoms with Gasteiger partial charge >= 0.3 is 0 Å². The molecule has 1 aromatic carbocycles. The maximum Gasteiger partial charge on any atom is 0.225 e. The van der Waals surface area contributed by atoms with Crippen molar-refractivity contribution in [2.75, 3.05) is 18.4 Å². The summed E-state index contributed by atoms with van der Waals surface area (Å²) in [6.07, 6.45) is 0.379. The molecule has 94 valence electrons. The van der Waals surface area contributed by atoms with E-state index in [4.69, 9.17) is 34.8 Å². The van der Waals surface area contributed by atoms with Crippen molar-refractivity contribution in [1.82, 2.24) is 5.32 Å². The molecule has 0 aliphatic rings. The Morgan fingerprint density at radius 2 is 1.82 bits per heavy atom. The van der Waals surface area contributed by atoms with Gasteiger partial charge in [-0.25, -0.2) is 0 Å². The molecule has 0 unspecified atom stereocenters. The predicted octanol–water partition coefficient (Wildman–Crippen LogP) is 3.58. The van der Waals surface area contributed by atoms with Crippen LogP contribution in [0.3, 0.4) is 0 Å². The van der Waals surface area contributed by atoms with E-state index in [0.29, 0.717) is 33.7 Å². The number of carbonyl (C=O) groups is 1. The van der Waals surface area contributed by atoms with E-state index in [1.807, 2.05) is 6.92 Å². The van der Waals surface area contributed by atoms with E-state index in [1.165, 1.54) is 12.1 Å². The fraction of sp³-hybridized carbons (Fsp3) is 0.364. The number of rotatable bonds is 5. The third kappa shape index (κ3) is 4.72. The van der Waals surface area contributed by atoms with Crippen molar-refractivity contribution < 1.29 is 4.79 Å². The van der Waals surface area contributed by atoms with Crippen LogP contribution in [0.25, 0.3) is 0 Å². The Morgan fingerprint density at radius 1 is 1.18 bits per heavy atom. The molecular formula is C11H13Cl3N2O. The van der Waals surface area contributed by atoms with Crippen LogP contribution >= 0.6 is 34.8 Å².